The molecule has 1 aliphatic rings. The number of carbonyl (C=O) groups is 1. The molecule has 22 heavy (non-hydrogen) atoms. The lowest BCUT2D eigenvalue weighted by atomic mass is 10.1. The van der Waals surface area contributed by atoms with Gasteiger partial charge in [-0.05, 0) is 42.9 Å². The number of aryl methyl sites for hydroxylation is 1. The molecule has 1 aromatic carbocycles. The Bertz CT molecular complexity index is 683. The minimum Gasteiger partial charge on any atom is -0.356 e. The molecule has 0 unspecified atom stereocenters. The van der Waals surface area contributed by atoms with E-state index >= 15 is 0 Å². The van der Waals surface area contributed by atoms with E-state index in [0.29, 0.717) is 24.8 Å². The molecule has 1 N–H and O–H groups in total. The molecule has 0 spiro atoms. The van der Waals surface area contributed by atoms with Gasteiger partial charge in [0, 0.05) is 25.9 Å². The van der Waals surface area contributed by atoms with E-state index in [-0.39, 0.29) is 5.91 Å². The normalized spacial score (nSPS) is 14.7. The first-order valence-electron chi connectivity index (χ1n) is 8.26. The van der Waals surface area contributed by atoms with Gasteiger partial charge < -0.3 is 9.88 Å². The zero-order chi connectivity index (χ0) is 15.7. The van der Waals surface area contributed by atoms with Crippen molar-refractivity contribution in [3.8, 4) is 0 Å². The minimum absolute atomic E-state index is 0.143. The van der Waals surface area contributed by atoms with E-state index < -0.39 is 0 Å². The number of rotatable bonds is 6. The Morgan fingerprint density at radius 1 is 1.41 bits per heavy atom. The molecular weight excluding hydrogens is 274 g/mol. The van der Waals surface area contributed by atoms with Crippen LogP contribution in [0.4, 0.5) is 0 Å². The lowest BCUT2D eigenvalue weighted by Crippen LogP contribution is -2.26. The van der Waals surface area contributed by atoms with Gasteiger partial charge in [0.15, 0.2) is 0 Å². The Hall–Kier alpha value is -1.84. The molecule has 0 saturated heterocycles. The maximum Gasteiger partial charge on any atom is 0.220 e. The zero-order valence-corrected chi connectivity index (χ0v) is 13.7. The highest BCUT2D eigenvalue weighted by Crippen LogP contribution is 2.40. The van der Waals surface area contributed by atoms with E-state index in [1.807, 2.05) is 0 Å². The number of nitrogens with one attached hydrogen (secondary N) is 1. The second-order valence-corrected chi connectivity index (χ2v) is 6.82. The fourth-order valence-electron chi connectivity index (χ4n) is 2.92. The fourth-order valence-corrected chi connectivity index (χ4v) is 2.92. The quantitative estimate of drug-likeness (QED) is 0.890. The average Bonchev–Trinajstić information content (AvgIpc) is 3.23. The second kappa shape index (κ2) is 6.11. The number of amides is 1. The molecule has 1 saturated carbocycles. The standard InChI is InChI=1S/C18H25N3O/c1-12(2)10-17(22)19-9-8-13-4-7-16-15(11-13)20-18(21(16)3)14-5-6-14/h4,7,11-12,14H,5-6,8-10H2,1-3H3,(H,19,22). The molecule has 4 heteroatoms. The highest BCUT2D eigenvalue weighted by Gasteiger charge is 2.28. The first-order valence-corrected chi connectivity index (χ1v) is 8.26. The Morgan fingerprint density at radius 3 is 2.86 bits per heavy atom. The second-order valence-electron chi connectivity index (χ2n) is 6.82. The molecule has 1 aromatic heterocycles. The fraction of sp³-hybridized carbons (Fsp3) is 0.556. The third kappa shape index (κ3) is 3.32. The summed E-state index contributed by atoms with van der Waals surface area (Å²) in [6, 6.07) is 6.46. The van der Waals surface area contributed by atoms with Crippen LogP contribution >= 0.6 is 0 Å². The molecule has 1 heterocycles. The van der Waals surface area contributed by atoms with Gasteiger partial charge in [0.2, 0.25) is 5.91 Å². The van der Waals surface area contributed by atoms with Gasteiger partial charge in [0.1, 0.15) is 5.82 Å². The van der Waals surface area contributed by atoms with Crippen molar-refractivity contribution in [2.75, 3.05) is 6.54 Å². The van der Waals surface area contributed by atoms with Crippen molar-refractivity contribution in [3.63, 3.8) is 0 Å². The van der Waals surface area contributed by atoms with E-state index in [4.69, 9.17) is 4.98 Å². The zero-order valence-electron chi connectivity index (χ0n) is 13.7. The molecule has 1 aliphatic carbocycles. The van der Waals surface area contributed by atoms with Gasteiger partial charge in [-0.15, -0.1) is 0 Å². The summed E-state index contributed by atoms with van der Waals surface area (Å²) in [5.74, 6) is 2.43. The number of hydrogen-bond acceptors (Lipinski definition) is 2. The third-order valence-electron chi connectivity index (χ3n) is 4.25. The maximum atomic E-state index is 11.7. The molecule has 0 aliphatic heterocycles. The largest absolute Gasteiger partial charge is 0.356 e. The van der Waals surface area contributed by atoms with Crippen LogP contribution in [0, 0.1) is 5.92 Å². The minimum atomic E-state index is 0.143. The molecule has 0 radical (unpaired) electrons. The summed E-state index contributed by atoms with van der Waals surface area (Å²) in [7, 11) is 2.11. The molecule has 1 fully saturated rings. The number of hydrogen-bond donors (Lipinski definition) is 1. The summed E-state index contributed by atoms with van der Waals surface area (Å²) in [5, 5.41) is 2.99. The van der Waals surface area contributed by atoms with Gasteiger partial charge in [-0.1, -0.05) is 19.9 Å². The smallest absolute Gasteiger partial charge is 0.220 e. The van der Waals surface area contributed by atoms with Crippen LogP contribution in [0.25, 0.3) is 11.0 Å². The predicted molar refractivity (Wildman–Crippen MR) is 88.9 cm³/mol. The predicted octanol–water partition coefficient (Wildman–Crippen LogP) is 3.16. The summed E-state index contributed by atoms with van der Waals surface area (Å²) in [6.07, 6.45) is 4.00. The van der Waals surface area contributed by atoms with Gasteiger partial charge in [-0.25, -0.2) is 4.98 Å². The number of fused-ring (bicyclic) bond motifs is 1. The van der Waals surface area contributed by atoms with Crippen molar-refractivity contribution in [3.05, 3.63) is 29.6 Å². The molecule has 3 rings (SSSR count). The first-order chi connectivity index (χ1) is 10.5. The Balaban J connectivity index is 1.64. The molecule has 4 nitrogen and oxygen atoms in total. The Labute approximate surface area is 131 Å². The van der Waals surface area contributed by atoms with Crippen molar-refractivity contribution in [1.29, 1.82) is 0 Å². The average molecular weight is 299 g/mol. The molecule has 118 valence electrons. The summed E-state index contributed by atoms with van der Waals surface area (Å²) >= 11 is 0. The highest BCUT2D eigenvalue weighted by atomic mass is 16.1. The molecular formula is C18H25N3O. The van der Waals surface area contributed by atoms with Gasteiger partial charge in [-0.3, -0.25) is 4.79 Å². The van der Waals surface area contributed by atoms with E-state index in [0.717, 1.165) is 11.9 Å². The van der Waals surface area contributed by atoms with Crippen LogP contribution < -0.4 is 5.32 Å². The van der Waals surface area contributed by atoms with Crippen LogP contribution in [-0.2, 0) is 18.3 Å². The van der Waals surface area contributed by atoms with E-state index in [2.05, 4.69) is 49.0 Å². The maximum absolute atomic E-state index is 11.7. The van der Waals surface area contributed by atoms with Crippen molar-refractivity contribution < 1.29 is 4.79 Å². The van der Waals surface area contributed by atoms with Crippen LogP contribution in [0.1, 0.15) is 50.4 Å². The summed E-state index contributed by atoms with van der Waals surface area (Å²) in [6.45, 7) is 4.82. The van der Waals surface area contributed by atoms with Crippen LogP contribution in [0.15, 0.2) is 18.2 Å². The number of nitrogens with zero attached hydrogens (tertiary/aromatic N) is 2. The van der Waals surface area contributed by atoms with Crippen LogP contribution in [0.5, 0.6) is 0 Å². The summed E-state index contributed by atoms with van der Waals surface area (Å²) in [4.78, 5) is 16.5. The van der Waals surface area contributed by atoms with Crippen LogP contribution in [0.3, 0.4) is 0 Å². The molecule has 2 aromatic rings. The van der Waals surface area contributed by atoms with Crippen molar-refractivity contribution in [2.24, 2.45) is 13.0 Å². The molecule has 1 amide bonds. The Morgan fingerprint density at radius 2 is 2.18 bits per heavy atom. The molecule has 0 bridgehead atoms. The van der Waals surface area contributed by atoms with Crippen molar-refractivity contribution in [2.45, 2.75) is 45.4 Å². The van der Waals surface area contributed by atoms with Gasteiger partial charge in [0.05, 0.1) is 11.0 Å². The monoisotopic (exact) mass is 299 g/mol. The van der Waals surface area contributed by atoms with Crippen LogP contribution in [0.2, 0.25) is 0 Å². The SMILES string of the molecule is CC(C)CC(=O)NCCc1ccc2c(c1)nc(C1CC1)n2C. The van der Waals surface area contributed by atoms with Gasteiger partial charge in [-0.2, -0.15) is 0 Å². The summed E-state index contributed by atoms with van der Waals surface area (Å²) < 4.78 is 2.22. The Kier molecular flexibility index (Phi) is 4.19. The van der Waals surface area contributed by atoms with E-state index in [1.54, 1.807) is 0 Å². The van der Waals surface area contributed by atoms with Crippen molar-refractivity contribution >= 4 is 16.9 Å². The third-order valence-corrected chi connectivity index (χ3v) is 4.25. The number of carbonyl (C=O) groups excluding carboxylic acids is 1. The molecule has 0 atom stereocenters. The highest BCUT2D eigenvalue weighted by molar-refractivity contribution is 5.77. The van der Waals surface area contributed by atoms with E-state index in [1.165, 1.54) is 29.7 Å². The first kappa shape index (κ1) is 15.1. The lowest BCUT2D eigenvalue weighted by Gasteiger charge is -2.07. The van der Waals surface area contributed by atoms with Crippen molar-refractivity contribution in [1.82, 2.24) is 14.9 Å². The van der Waals surface area contributed by atoms with Gasteiger partial charge in [0.25, 0.3) is 0 Å². The van der Waals surface area contributed by atoms with E-state index in [9.17, 15) is 4.79 Å². The van der Waals surface area contributed by atoms with Crippen LogP contribution in [-0.4, -0.2) is 22.0 Å². The topological polar surface area (TPSA) is 46.9 Å². The number of imidazole rings is 1. The lowest BCUT2D eigenvalue weighted by molar-refractivity contribution is -0.121. The number of aromatic nitrogens is 2. The van der Waals surface area contributed by atoms with Gasteiger partial charge >= 0.3 is 0 Å². The number of benzene rings is 1. The summed E-state index contributed by atoms with van der Waals surface area (Å²) in [5.41, 5.74) is 3.52.